The summed E-state index contributed by atoms with van der Waals surface area (Å²) < 4.78 is 68.5. The van der Waals surface area contributed by atoms with E-state index in [0.29, 0.717) is 55.1 Å². The van der Waals surface area contributed by atoms with Crippen molar-refractivity contribution in [3.05, 3.63) is 65.1 Å². The van der Waals surface area contributed by atoms with E-state index in [0.717, 1.165) is 12.1 Å². The SMILES string of the molecule is Cc1noc(C)c1C(=O)N1CCC2(CC1)COc1cc(-c3ccc(F)cc3F)ccc1S(=O)(=O)NCC(O)CN(C)C2. The highest BCUT2D eigenvalue weighted by Crippen LogP contribution is 2.37. The summed E-state index contributed by atoms with van der Waals surface area (Å²) in [7, 11) is -2.26. The van der Waals surface area contributed by atoms with Crippen molar-refractivity contribution in [1.29, 1.82) is 0 Å². The van der Waals surface area contributed by atoms with Crippen LogP contribution >= 0.6 is 0 Å². The number of likely N-dealkylation sites (tertiary alicyclic amines) is 1. The summed E-state index contributed by atoms with van der Waals surface area (Å²) >= 11 is 0. The van der Waals surface area contributed by atoms with E-state index in [2.05, 4.69) is 9.88 Å². The number of benzene rings is 2. The monoisotopic (exact) mass is 604 g/mol. The Morgan fingerprint density at radius 1 is 1.14 bits per heavy atom. The van der Waals surface area contributed by atoms with Crippen LogP contribution in [0.2, 0.25) is 0 Å². The second-order valence-electron chi connectivity index (χ2n) is 11.3. The minimum Gasteiger partial charge on any atom is -0.492 e. The van der Waals surface area contributed by atoms with E-state index in [-0.39, 0.29) is 41.8 Å². The molecule has 0 radical (unpaired) electrons. The first-order valence-corrected chi connectivity index (χ1v) is 15.2. The zero-order valence-electron chi connectivity index (χ0n) is 23.7. The smallest absolute Gasteiger partial charge is 0.259 e. The van der Waals surface area contributed by atoms with Gasteiger partial charge in [-0.25, -0.2) is 21.9 Å². The summed E-state index contributed by atoms with van der Waals surface area (Å²) in [6.07, 6.45) is 0.129. The first-order valence-electron chi connectivity index (χ1n) is 13.7. The first-order chi connectivity index (χ1) is 19.9. The van der Waals surface area contributed by atoms with E-state index in [1.807, 2.05) is 11.9 Å². The van der Waals surface area contributed by atoms with Crippen molar-refractivity contribution in [3.8, 4) is 16.9 Å². The van der Waals surface area contributed by atoms with Crippen LogP contribution in [0.4, 0.5) is 8.78 Å². The molecule has 42 heavy (non-hydrogen) atoms. The summed E-state index contributed by atoms with van der Waals surface area (Å²) in [5, 5.41) is 14.5. The van der Waals surface area contributed by atoms with Gasteiger partial charge < -0.3 is 24.2 Å². The number of fused-ring (bicyclic) bond motifs is 1. The third-order valence-electron chi connectivity index (χ3n) is 8.00. The van der Waals surface area contributed by atoms with Gasteiger partial charge in [-0.05, 0) is 63.6 Å². The van der Waals surface area contributed by atoms with Crippen LogP contribution in [-0.2, 0) is 10.0 Å². The molecule has 1 spiro atoms. The number of nitrogens with one attached hydrogen (secondary N) is 1. The number of piperidine rings is 1. The molecule has 1 saturated heterocycles. The highest BCUT2D eigenvalue weighted by Gasteiger charge is 2.40. The predicted octanol–water partition coefficient (Wildman–Crippen LogP) is 3.12. The Kier molecular flexibility index (Phi) is 8.39. The molecule has 2 N–H and O–H groups in total. The third kappa shape index (κ3) is 6.19. The number of rotatable bonds is 2. The number of aromatic nitrogens is 1. The minimum atomic E-state index is -4.11. The molecule has 0 saturated carbocycles. The average molecular weight is 605 g/mol. The molecule has 10 nitrogen and oxygen atoms in total. The first kappa shape index (κ1) is 30.1. The maximum atomic E-state index is 14.6. The number of hydrogen-bond acceptors (Lipinski definition) is 8. The molecule has 1 atom stereocenters. The van der Waals surface area contributed by atoms with E-state index in [1.165, 1.54) is 24.3 Å². The molecular weight excluding hydrogens is 570 g/mol. The van der Waals surface area contributed by atoms with Crippen molar-refractivity contribution in [2.75, 3.05) is 46.4 Å². The molecule has 0 aliphatic carbocycles. The molecule has 226 valence electrons. The second kappa shape index (κ2) is 11.7. The van der Waals surface area contributed by atoms with Crippen LogP contribution in [0.3, 0.4) is 0 Å². The average Bonchev–Trinajstić information content (AvgIpc) is 3.27. The number of hydrogen-bond donors (Lipinski definition) is 2. The van der Waals surface area contributed by atoms with Crippen LogP contribution in [0, 0.1) is 30.9 Å². The number of ether oxygens (including phenoxy) is 1. The number of nitrogens with zero attached hydrogens (tertiary/aromatic N) is 3. The van der Waals surface area contributed by atoms with Crippen LogP contribution in [0.5, 0.6) is 5.75 Å². The number of amides is 1. The van der Waals surface area contributed by atoms with Gasteiger partial charge >= 0.3 is 0 Å². The molecule has 13 heteroatoms. The van der Waals surface area contributed by atoms with Gasteiger partial charge in [0.1, 0.15) is 33.6 Å². The fourth-order valence-electron chi connectivity index (χ4n) is 5.79. The lowest BCUT2D eigenvalue weighted by Crippen LogP contribution is -2.51. The van der Waals surface area contributed by atoms with Gasteiger partial charge in [0, 0.05) is 49.8 Å². The van der Waals surface area contributed by atoms with Crippen molar-refractivity contribution >= 4 is 15.9 Å². The molecule has 1 amide bonds. The Bertz CT molecular complexity index is 1570. The fraction of sp³-hybridized carbons (Fsp3) is 0.448. The molecule has 2 aliphatic rings. The minimum absolute atomic E-state index is 0.00930. The molecule has 2 aliphatic heterocycles. The van der Waals surface area contributed by atoms with E-state index in [9.17, 15) is 27.1 Å². The molecule has 5 rings (SSSR count). The highest BCUT2D eigenvalue weighted by atomic mass is 32.2. The molecule has 3 aromatic rings. The highest BCUT2D eigenvalue weighted by molar-refractivity contribution is 7.89. The van der Waals surface area contributed by atoms with E-state index >= 15 is 0 Å². The predicted molar refractivity (Wildman–Crippen MR) is 150 cm³/mol. The van der Waals surface area contributed by atoms with Gasteiger partial charge in [0.25, 0.3) is 5.91 Å². The largest absolute Gasteiger partial charge is 0.492 e. The van der Waals surface area contributed by atoms with Gasteiger partial charge in [-0.1, -0.05) is 11.2 Å². The maximum Gasteiger partial charge on any atom is 0.259 e. The van der Waals surface area contributed by atoms with Crippen molar-refractivity contribution in [2.24, 2.45) is 5.41 Å². The number of carbonyl (C=O) groups excluding carboxylic acids is 1. The number of aliphatic hydroxyl groups excluding tert-OH is 1. The Labute approximate surface area is 243 Å². The fourth-order valence-corrected chi connectivity index (χ4v) is 6.99. The third-order valence-corrected chi connectivity index (χ3v) is 9.47. The van der Waals surface area contributed by atoms with Gasteiger partial charge in [0.15, 0.2) is 0 Å². The van der Waals surface area contributed by atoms with E-state index in [4.69, 9.17) is 9.26 Å². The molecule has 0 bridgehead atoms. The molecule has 2 aromatic carbocycles. The van der Waals surface area contributed by atoms with E-state index < -0.39 is 33.2 Å². The summed E-state index contributed by atoms with van der Waals surface area (Å²) in [4.78, 5) is 16.8. The van der Waals surface area contributed by atoms with Gasteiger partial charge in [-0.15, -0.1) is 0 Å². The molecular formula is C29H34F2N4O6S. The lowest BCUT2D eigenvalue weighted by molar-refractivity contribution is 0.0158. The van der Waals surface area contributed by atoms with Crippen LogP contribution in [0.25, 0.3) is 11.1 Å². The van der Waals surface area contributed by atoms with Crippen molar-refractivity contribution in [2.45, 2.75) is 37.7 Å². The number of aliphatic hydroxyl groups is 1. The van der Waals surface area contributed by atoms with Crippen LogP contribution in [0.15, 0.2) is 45.8 Å². The lowest BCUT2D eigenvalue weighted by atomic mass is 9.78. The molecule has 1 aromatic heterocycles. The Hall–Kier alpha value is -3.39. The Morgan fingerprint density at radius 2 is 1.88 bits per heavy atom. The lowest BCUT2D eigenvalue weighted by Gasteiger charge is -2.44. The Morgan fingerprint density at radius 3 is 2.55 bits per heavy atom. The quantitative estimate of drug-likeness (QED) is 0.457. The number of carbonyl (C=O) groups is 1. The summed E-state index contributed by atoms with van der Waals surface area (Å²) in [5.74, 6) is -1.21. The number of likely N-dealkylation sites (N-methyl/N-ethyl adjacent to an activating group) is 1. The molecule has 1 unspecified atom stereocenters. The number of β-amino-alcohol motifs (C(OH)–C–C–N with tert-alkyl or cyclic N) is 1. The summed E-state index contributed by atoms with van der Waals surface area (Å²) in [5.41, 5.74) is 0.901. The number of halogens is 2. The van der Waals surface area contributed by atoms with E-state index in [1.54, 1.807) is 18.7 Å². The zero-order chi connectivity index (χ0) is 30.2. The second-order valence-corrected chi connectivity index (χ2v) is 13.0. The topological polar surface area (TPSA) is 125 Å². The normalized spacial score (nSPS) is 21.2. The van der Waals surface area contributed by atoms with Gasteiger partial charge in [-0.3, -0.25) is 4.79 Å². The Balaban J connectivity index is 1.47. The van der Waals surface area contributed by atoms with Crippen LogP contribution in [0.1, 0.15) is 34.7 Å². The summed E-state index contributed by atoms with van der Waals surface area (Å²) in [6.45, 7) is 4.92. The number of sulfonamides is 1. The zero-order valence-corrected chi connectivity index (χ0v) is 24.5. The summed E-state index contributed by atoms with van der Waals surface area (Å²) in [6, 6.07) is 7.35. The van der Waals surface area contributed by atoms with Crippen molar-refractivity contribution in [1.82, 2.24) is 19.7 Å². The standard InChI is InChI=1S/C29H34F2N4O6S/c1-18-27(19(2)41-33-18)28(37)35-10-8-29(9-11-35)16-34(3)15-22(36)14-32-42(38,39)26-7-4-20(12-25(26)40-17-29)23-6-5-21(30)13-24(23)31/h4-7,12-13,22,32,36H,8-11,14-17H2,1-3H3. The van der Waals surface area contributed by atoms with Crippen LogP contribution in [-0.4, -0.2) is 86.9 Å². The van der Waals surface area contributed by atoms with Gasteiger partial charge in [-0.2, -0.15) is 0 Å². The van der Waals surface area contributed by atoms with Crippen LogP contribution < -0.4 is 9.46 Å². The number of aryl methyl sites for hydroxylation is 2. The van der Waals surface area contributed by atoms with Crippen molar-refractivity contribution < 1.29 is 36.4 Å². The van der Waals surface area contributed by atoms with Gasteiger partial charge in [0.2, 0.25) is 10.0 Å². The molecule has 3 heterocycles. The maximum absolute atomic E-state index is 14.6. The molecule has 1 fully saturated rings. The van der Waals surface area contributed by atoms with Crippen molar-refractivity contribution in [3.63, 3.8) is 0 Å². The van der Waals surface area contributed by atoms with Gasteiger partial charge in [0.05, 0.1) is 18.4 Å².